The van der Waals surface area contributed by atoms with E-state index in [4.69, 9.17) is 18.9 Å². The van der Waals surface area contributed by atoms with Crippen LogP contribution in [0.3, 0.4) is 0 Å². The van der Waals surface area contributed by atoms with Gasteiger partial charge >= 0.3 is 30.2 Å². The van der Waals surface area contributed by atoms with Crippen LogP contribution in [0.1, 0.15) is 101 Å². The summed E-state index contributed by atoms with van der Waals surface area (Å²) >= 11 is 0. The van der Waals surface area contributed by atoms with Gasteiger partial charge in [-0.2, -0.15) is 13.2 Å². The quantitative estimate of drug-likeness (QED) is 0.133. The Bertz CT molecular complexity index is 1700. The van der Waals surface area contributed by atoms with E-state index in [-0.39, 0.29) is 47.7 Å². The van der Waals surface area contributed by atoms with Crippen LogP contribution in [0, 0.1) is 11.2 Å². The monoisotopic (exact) mass is 781 g/mol. The Morgan fingerprint density at radius 1 is 0.818 bits per heavy atom. The highest BCUT2D eigenvalue weighted by atomic mass is 19.4. The maximum Gasteiger partial charge on any atom is 0.471 e. The van der Waals surface area contributed by atoms with Gasteiger partial charge in [-0.3, -0.25) is 19.4 Å². The van der Waals surface area contributed by atoms with Crippen LogP contribution in [-0.2, 0) is 36.8 Å². The number of hydrogen-bond donors (Lipinski definition) is 0. The summed E-state index contributed by atoms with van der Waals surface area (Å²) < 4.78 is 82.5. The molecule has 0 aromatic heterocycles. The summed E-state index contributed by atoms with van der Waals surface area (Å²) in [6.07, 6.45) is -6.95. The van der Waals surface area contributed by atoms with Crippen LogP contribution in [0.15, 0.2) is 36.4 Å². The third kappa shape index (κ3) is 13.3. The maximum absolute atomic E-state index is 17.2. The first-order valence-corrected chi connectivity index (χ1v) is 18.1. The standard InChI is InChI=1S/C40H55F4N3O8/c1-36(2,3)18-19-45(34(50)54-38(7,8)9)22-26-20-27-28(47(26)35(51)55-39(10,11)12)21-29(52-24-25-16-14-13-15-17-25)32(31(27)41)46(33(49)40(42,43)44)23-30(48)53-37(4,5)6/h13-17,21,26H,18-20,22-24H2,1-12H3/t26-/m1/s1. The van der Waals surface area contributed by atoms with Gasteiger partial charge in [0.1, 0.15) is 41.4 Å². The highest BCUT2D eigenvalue weighted by molar-refractivity contribution is 6.03. The van der Waals surface area contributed by atoms with Crippen molar-refractivity contribution in [2.75, 3.05) is 29.4 Å². The summed E-state index contributed by atoms with van der Waals surface area (Å²) in [6.45, 7) is 18.8. The third-order valence-electron chi connectivity index (χ3n) is 7.85. The number of hydrogen-bond acceptors (Lipinski definition) is 8. The summed E-state index contributed by atoms with van der Waals surface area (Å²) in [4.78, 5) is 56.1. The first kappa shape index (κ1) is 44.8. The molecule has 15 heteroatoms. The fraction of sp³-hybridized carbons (Fsp3) is 0.600. The van der Waals surface area contributed by atoms with Crippen LogP contribution in [0.25, 0.3) is 0 Å². The second-order valence-electron chi connectivity index (χ2n) is 17.7. The van der Waals surface area contributed by atoms with E-state index in [9.17, 15) is 32.3 Å². The third-order valence-corrected chi connectivity index (χ3v) is 7.85. The molecule has 0 N–H and O–H groups in total. The summed E-state index contributed by atoms with van der Waals surface area (Å²) in [5, 5.41) is 0. The molecule has 1 heterocycles. The smallest absolute Gasteiger partial charge is 0.471 e. The first-order chi connectivity index (χ1) is 25.0. The van der Waals surface area contributed by atoms with Crippen molar-refractivity contribution < 1.29 is 55.7 Å². The SMILES string of the molecule is CC(C)(C)CCN(C[C@H]1Cc2c(cc(OCc3ccccc3)c(N(CC(=O)OC(C)(C)C)C(=O)C(F)(F)F)c2F)N1C(=O)OC(C)(C)C)C(=O)OC(C)(C)C. The Kier molecular flexibility index (Phi) is 13.6. The van der Waals surface area contributed by atoms with Gasteiger partial charge in [0.15, 0.2) is 5.82 Å². The molecule has 1 aliphatic rings. The van der Waals surface area contributed by atoms with Gasteiger partial charge in [-0.25, -0.2) is 14.0 Å². The summed E-state index contributed by atoms with van der Waals surface area (Å²) in [5.74, 6) is -5.68. The maximum atomic E-state index is 17.2. The van der Waals surface area contributed by atoms with E-state index >= 15 is 4.39 Å². The van der Waals surface area contributed by atoms with Crippen molar-refractivity contribution in [3.63, 3.8) is 0 Å². The van der Waals surface area contributed by atoms with Crippen molar-refractivity contribution in [2.45, 2.75) is 132 Å². The Balaban J connectivity index is 2.30. The lowest BCUT2D eigenvalue weighted by atomic mass is 9.92. The van der Waals surface area contributed by atoms with Crippen molar-refractivity contribution in [3.8, 4) is 5.75 Å². The van der Waals surface area contributed by atoms with Crippen molar-refractivity contribution in [1.82, 2.24) is 4.90 Å². The molecule has 306 valence electrons. The topological polar surface area (TPSA) is 115 Å². The second kappa shape index (κ2) is 16.7. The zero-order valence-corrected chi connectivity index (χ0v) is 33.9. The van der Waals surface area contributed by atoms with E-state index < -0.39 is 76.9 Å². The average Bonchev–Trinajstić information content (AvgIpc) is 3.36. The lowest BCUT2D eigenvalue weighted by molar-refractivity contribution is -0.171. The van der Waals surface area contributed by atoms with Gasteiger partial charge in [0.25, 0.3) is 0 Å². The first-order valence-electron chi connectivity index (χ1n) is 18.1. The molecular formula is C40H55F4N3O8. The molecular weight excluding hydrogens is 726 g/mol. The fourth-order valence-corrected chi connectivity index (χ4v) is 5.59. The van der Waals surface area contributed by atoms with Gasteiger partial charge in [-0.15, -0.1) is 0 Å². The number of anilines is 2. The molecule has 1 atom stereocenters. The molecule has 11 nitrogen and oxygen atoms in total. The van der Waals surface area contributed by atoms with Crippen molar-refractivity contribution in [1.29, 1.82) is 0 Å². The molecule has 0 saturated heterocycles. The number of rotatable bonds is 10. The van der Waals surface area contributed by atoms with Crippen LogP contribution in [0.2, 0.25) is 0 Å². The van der Waals surface area contributed by atoms with Crippen LogP contribution in [0.4, 0.5) is 38.5 Å². The molecule has 1 aliphatic heterocycles. The molecule has 0 saturated carbocycles. The molecule has 3 amide bonds. The van der Waals surface area contributed by atoms with E-state index in [2.05, 4.69) is 0 Å². The molecule has 0 unspecified atom stereocenters. The normalized spacial score (nSPS) is 14.9. The number of alkyl halides is 3. The molecule has 0 spiro atoms. The predicted octanol–water partition coefficient (Wildman–Crippen LogP) is 8.98. The number of ether oxygens (including phenoxy) is 4. The molecule has 0 fully saturated rings. The van der Waals surface area contributed by atoms with Gasteiger partial charge in [-0.1, -0.05) is 51.1 Å². The zero-order chi connectivity index (χ0) is 41.9. The van der Waals surface area contributed by atoms with Crippen molar-refractivity contribution in [2.24, 2.45) is 5.41 Å². The van der Waals surface area contributed by atoms with E-state index in [0.29, 0.717) is 12.0 Å². The summed E-state index contributed by atoms with van der Waals surface area (Å²) in [5.41, 5.74) is -4.08. The summed E-state index contributed by atoms with van der Waals surface area (Å²) in [7, 11) is 0. The number of nitrogens with zero attached hydrogens (tertiary/aromatic N) is 3. The second-order valence-corrected chi connectivity index (χ2v) is 17.7. The molecule has 3 rings (SSSR count). The molecule has 2 aromatic carbocycles. The highest BCUT2D eigenvalue weighted by Gasteiger charge is 2.48. The highest BCUT2D eigenvalue weighted by Crippen LogP contribution is 2.46. The Morgan fingerprint density at radius 2 is 1.38 bits per heavy atom. The van der Waals surface area contributed by atoms with Gasteiger partial charge in [0.05, 0.1) is 11.7 Å². The number of halogens is 4. The number of carbonyl (C=O) groups is 4. The van der Waals surface area contributed by atoms with E-state index in [1.807, 2.05) is 20.8 Å². The van der Waals surface area contributed by atoms with Crippen LogP contribution in [-0.4, -0.2) is 77.6 Å². The van der Waals surface area contributed by atoms with Crippen LogP contribution in [0.5, 0.6) is 5.75 Å². The Labute approximate surface area is 321 Å². The van der Waals surface area contributed by atoms with Gasteiger partial charge in [0, 0.05) is 31.1 Å². The van der Waals surface area contributed by atoms with Gasteiger partial charge < -0.3 is 23.8 Å². The number of carbonyl (C=O) groups excluding carboxylic acids is 4. The van der Waals surface area contributed by atoms with Gasteiger partial charge in [-0.05, 0) is 79.7 Å². The molecule has 0 aliphatic carbocycles. The van der Waals surface area contributed by atoms with Crippen LogP contribution < -0.4 is 14.5 Å². The van der Waals surface area contributed by atoms with Crippen LogP contribution >= 0.6 is 0 Å². The Hall–Kier alpha value is -4.56. The number of benzene rings is 2. The lowest BCUT2D eigenvalue weighted by Gasteiger charge is -2.34. The molecule has 0 radical (unpaired) electrons. The molecule has 0 bridgehead atoms. The fourth-order valence-electron chi connectivity index (χ4n) is 5.59. The van der Waals surface area contributed by atoms with Crippen molar-refractivity contribution in [3.05, 3.63) is 53.3 Å². The Morgan fingerprint density at radius 3 is 1.89 bits per heavy atom. The van der Waals surface area contributed by atoms with Crippen molar-refractivity contribution >= 4 is 35.4 Å². The molecule has 55 heavy (non-hydrogen) atoms. The van der Waals surface area contributed by atoms with E-state index in [0.717, 1.165) is 11.0 Å². The lowest BCUT2D eigenvalue weighted by Crippen LogP contribution is -2.50. The number of amides is 3. The minimum Gasteiger partial charge on any atom is -0.487 e. The number of fused-ring (bicyclic) bond motifs is 1. The van der Waals surface area contributed by atoms with Gasteiger partial charge in [0.2, 0.25) is 0 Å². The van der Waals surface area contributed by atoms with E-state index in [1.54, 1.807) is 71.9 Å². The molecule has 2 aromatic rings. The minimum atomic E-state index is -5.55. The zero-order valence-electron chi connectivity index (χ0n) is 33.9. The largest absolute Gasteiger partial charge is 0.487 e. The van der Waals surface area contributed by atoms with E-state index in [1.165, 1.54) is 25.7 Å². The average molecular weight is 782 g/mol. The predicted molar refractivity (Wildman–Crippen MR) is 200 cm³/mol. The minimum absolute atomic E-state index is 0.0501. The number of esters is 1. The summed E-state index contributed by atoms with van der Waals surface area (Å²) in [6, 6.07) is 8.57.